The van der Waals surface area contributed by atoms with Gasteiger partial charge in [0.1, 0.15) is 0 Å². The lowest BCUT2D eigenvalue weighted by atomic mass is 10.1. The first kappa shape index (κ1) is 11.5. The monoisotopic (exact) mass is 246 g/mol. The van der Waals surface area contributed by atoms with Crippen LogP contribution in [-0.4, -0.2) is 16.8 Å². The first-order valence-electron chi connectivity index (χ1n) is 4.98. The number of hydrogen-bond donors (Lipinski definition) is 1. The molecule has 0 spiro atoms. The van der Waals surface area contributed by atoms with Crippen molar-refractivity contribution in [2.24, 2.45) is 0 Å². The highest BCUT2D eigenvalue weighted by molar-refractivity contribution is 7.12. The van der Waals surface area contributed by atoms with Crippen molar-refractivity contribution in [2.45, 2.75) is 6.92 Å². The van der Waals surface area contributed by atoms with Crippen molar-refractivity contribution < 1.29 is 9.59 Å². The van der Waals surface area contributed by atoms with Gasteiger partial charge in [-0.2, -0.15) is 0 Å². The second-order valence-electron chi connectivity index (χ2n) is 3.45. The Morgan fingerprint density at radius 1 is 1.29 bits per heavy atom. The molecule has 0 unspecified atom stereocenters. The van der Waals surface area contributed by atoms with Crippen LogP contribution in [0.3, 0.4) is 0 Å². The molecule has 0 aliphatic heterocycles. The maximum absolute atomic E-state index is 11.8. The van der Waals surface area contributed by atoms with E-state index in [1.807, 2.05) is 0 Å². The molecule has 17 heavy (non-hydrogen) atoms. The maximum atomic E-state index is 11.8. The number of aromatic nitrogens is 1. The van der Waals surface area contributed by atoms with Crippen LogP contribution in [0.2, 0.25) is 0 Å². The Balaban J connectivity index is 2.13. The van der Waals surface area contributed by atoms with Gasteiger partial charge >= 0.3 is 0 Å². The average molecular weight is 246 g/mol. The van der Waals surface area contributed by atoms with Crippen molar-refractivity contribution in [1.82, 2.24) is 10.3 Å². The maximum Gasteiger partial charge on any atom is 0.268 e. The molecule has 5 heteroatoms. The van der Waals surface area contributed by atoms with Gasteiger partial charge in [-0.3, -0.25) is 19.9 Å². The zero-order valence-corrected chi connectivity index (χ0v) is 9.95. The largest absolute Gasteiger partial charge is 0.287 e. The summed E-state index contributed by atoms with van der Waals surface area (Å²) in [5.41, 5.74) is 1.20. The molecule has 86 valence electrons. The zero-order valence-electron chi connectivity index (χ0n) is 9.14. The van der Waals surface area contributed by atoms with Crippen LogP contribution in [0.4, 0.5) is 0 Å². The minimum absolute atomic E-state index is 0.381. The van der Waals surface area contributed by atoms with E-state index in [0.29, 0.717) is 10.4 Å². The van der Waals surface area contributed by atoms with E-state index < -0.39 is 5.91 Å². The predicted octanol–water partition coefficient (Wildman–Crippen LogP) is 2.02. The quantitative estimate of drug-likeness (QED) is 0.825. The van der Waals surface area contributed by atoms with E-state index in [9.17, 15) is 9.59 Å². The minimum atomic E-state index is -0.422. The number of rotatable bonds is 2. The predicted molar refractivity (Wildman–Crippen MR) is 65.1 cm³/mol. The fourth-order valence-electron chi connectivity index (χ4n) is 1.34. The Labute approximate surface area is 102 Å². The van der Waals surface area contributed by atoms with E-state index in [4.69, 9.17) is 0 Å². The Kier molecular flexibility index (Phi) is 3.30. The number of thiophene rings is 1. The fraction of sp³-hybridized carbons (Fsp3) is 0.0833. The number of hydrogen-bond acceptors (Lipinski definition) is 4. The van der Waals surface area contributed by atoms with Crippen LogP contribution in [-0.2, 0) is 0 Å². The minimum Gasteiger partial charge on any atom is -0.287 e. The topological polar surface area (TPSA) is 59.1 Å². The fourth-order valence-corrected chi connectivity index (χ4v) is 1.96. The molecule has 0 aromatic carbocycles. The number of carbonyl (C=O) groups excluding carboxylic acids is 2. The van der Waals surface area contributed by atoms with Crippen molar-refractivity contribution in [2.75, 3.05) is 0 Å². The third kappa shape index (κ3) is 2.57. The van der Waals surface area contributed by atoms with Crippen LogP contribution in [0.1, 0.15) is 25.6 Å². The van der Waals surface area contributed by atoms with E-state index >= 15 is 0 Å². The van der Waals surface area contributed by atoms with Crippen LogP contribution < -0.4 is 5.32 Å². The van der Waals surface area contributed by atoms with E-state index in [0.717, 1.165) is 5.56 Å². The Morgan fingerprint density at radius 2 is 2.12 bits per heavy atom. The molecular weight excluding hydrogens is 236 g/mol. The number of nitrogens with one attached hydrogen (secondary N) is 1. The summed E-state index contributed by atoms with van der Waals surface area (Å²) in [5.74, 6) is -0.803. The lowest BCUT2D eigenvalue weighted by molar-refractivity contribution is 0.0851. The van der Waals surface area contributed by atoms with Gasteiger partial charge in [-0.05, 0) is 30.0 Å². The molecule has 0 saturated heterocycles. The summed E-state index contributed by atoms with van der Waals surface area (Å²) in [7, 11) is 0. The van der Waals surface area contributed by atoms with Crippen LogP contribution in [0.25, 0.3) is 0 Å². The van der Waals surface area contributed by atoms with Gasteiger partial charge in [0.15, 0.2) is 0 Å². The third-order valence-corrected chi connectivity index (χ3v) is 3.12. The molecule has 0 saturated carbocycles. The summed E-state index contributed by atoms with van der Waals surface area (Å²) >= 11 is 1.29. The molecule has 0 radical (unpaired) electrons. The summed E-state index contributed by atoms with van der Waals surface area (Å²) in [5, 5.41) is 4.12. The Morgan fingerprint density at radius 3 is 2.76 bits per heavy atom. The number of carbonyl (C=O) groups is 2. The summed E-state index contributed by atoms with van der Waals surface area (Å²) in [6.07, 6.45) is 3.06. The normalized spacial score (nSPS) is 9.94. The van der Waals surface area contributed by atoms with E-state index in [1.54, 1.807) is 36.7 Å². The van der Waals surface area contributed by atoms with Crippen molar-refractivity contribution in [3.8, 4) is 0 Å². The number of pyridine rings is 1. The number of amides is 2. The van der Waals surface area contributed by atoms with Gasteiger partial charge in [0.25, 0.3) is 11.8 Å². The molecular formula is C12H10N2O2S. The molecule has 2 amide bonds. The summed E-state index contributed by atoms with van der Waals surface area (Å²) in [6, 6.07) is 5.16. The van der Waals surface area contributed by atoms with Crippen LogP contribution >= 0.6 is 11.3 Å². The second kappa shape index (κ2) is 4.88. The number of imide groups is 1. The van der Waals surface area contributed by atoms with Gasteiger partial charge in [-0.25, -0.2) is 0 Å². The molecule has 0 atom stereocenters. The summed E-state index contributed by atoms with van der Waals surface area (Å²) < 4.78 is 0. The van der Waals surface area contributed by atoms with E-state index in [2.05, 4.69) is 10.3 Å². The molecule has 2 rings (SSSR count). The number of aryl methyl sites for hydroxylation is 1. The molecule has 2 heterocycles. The molecule has 2 aromatic heterocycles. The molecule has 0 bridgehead atoms. The van der Waals surface area contributed by atoms with E-state index in [-0.39, 0.29) is 5.91 Å². The third-order valence-electron chi connectivity index (χ3n) is 2.26. The SMILES string of the molecule is Cc1ccncc1C(=O)NC(=O)c1cccs1. The highest BCUT2D eigenvalue weighted by Gasteiger charge is 2.14. The molecule has 0 aliphatic rings. The lowest BCUT2D eigenvalue weighted by Gasteiger charge is -2.04. The van der Waals surface area contributed by atoms with Crippen molar-refractivity contribution in [3.63, 3.8) is 0 Å². The Hall–Kier alpha value is -2.01. The molecule has 0 aliphatic carbocycles. The first-order chi connectivity index (χ1) is 8.18. The van der Waals surface area contributed by atoms with Crippen LogP contribution in [0.15, 0.2) is 36.0 Å². The van der Waals surface area contributed by atoms with Crippen molar-refractivity contribution in [3.05, 3.63) is 52.0 Å². The van der Waals surface area contributed by atoms with E-state index in [1.165, 1.54) is 17.5 Å². The smallest absolute Gasteiger partial charge is 0.268 e. The lowest BCUT2D eigenvalue weighted by Crippen LogP contribution is -2.30. The van der Waals surface area contributed by atoms with Crippen LogP contribution in [0, 0.1) is 6.92 Å². The summed E-state index contributed by atoms with van der Waals surface area (Å²) in [6.45, 7) is 1.80. The van der Waals surface area contributed by atoms with Crippen molar-refractivity contribution in [1.29, 1.82) is 0 Å². The molecule has 2 aromatic rings. The molecule has 1 N–H and O–H groups in total. The van der Waals surface area contributed by atoms with Gasteiger partial charge in [-0.15, -0.1) is 11.3 Å². The summed E-state index contributed by atoms with van der Waals surface area (Å²) in [4.78, 5) is 27.8. The zero-order chi connectivity index (χ0) is 12.3. The van der Waals surface area contributed by atoms with Crippen LogP contribution in [0.5, 0.6) is 0 Å². The standard InChI is InChI=1S/C12H10N2O2S/c1-8-4-5-13-7-9(8)11(15)14-12(16)10-3-2-6-17-10/h2-7H,1H3,(H,14,15,16). The van der Waals surface area contributed by atoms with Gasteiger partial charge in [0, 0.05) is 12.4 Å². The number of nitrogens with zero attached hydrogens (tertiary/aromatic N) is 1. The average Bonchev–Trinajstić information content (AvgIpc) is 2.82. The highest BCUT2D eigenvalue weighted by Crippen LogP contribution is 2.09. The Bertz CT molecular complexity index is 549. The van der Waals surface area contributed by atoms with Crippen molar-refractivity contribution >= 4 is 23.2 Å². The van der Waals surface area contributed by atoms with Gasteiger partial charge in [0.2, 0.25) is 0 Å². The highest BCUT2D eigenvalue weighted by atomic mass is 32.1. The van der Waals surface area contributed by atoms with Gasteiger partial charge in [0.05, 0.1) is 10.4 Å². The van der Waals surface area contributed by atoms with Gasteiger partial charge in [-0.1, -0.05) is 6.07 Å². The first-order valence-corrected chi connectivity index (χ1v) is 5.86. The second-order valence-corrected chi connectivity index (χ2v) is 4.40. The van der Waals surface area contributed by atoms with Gasteiger partial charge < -0.3 is 0 Å². The molecule has 4 nitrogen and oxygen atoms in total. The molecule has 0 fully saturated rings.